The van der Waals surface area contributed by atoms with Crippen LogP contribution in [0.25, 0.3) is 0 Å². The van der Waals surface area contributed by atoms with Crippen molar-refractivity contribution < 1.29 is 39.5 Å². The van der Waals surface area contributed by atoms with E-state index in [4.69, 9.17) is 14.6 Å². The van der Waals surface area contributed by atoms with Gasteiger partial charge in [-0.05, 0) is 17.4 Å². The topological polar surface area (TPSA) is 134 Å². The molecule has 0 bridgehead atoms. The van der Waals surface area contributed by atoms with E-state index in [1.807, 2.05) is 0 Å². The first-order valence-corrected chi connectivity index (χ1v) is 9.05. The summed E-state index contributed by atoms with van der Waals surface area (Å²) in [5.74, 6) is -3.54. The first-order valence-electron chi connectivity index (χ1n) is 9.05. The SMILES string of the molecule is C=C[C@@]1(C)C[C@H](OC(=O)C(=C)[C@@H](O)CO)[C@H](C(=C)C(=O)OC)[C@@H](O)[C@H]1C(=C)CO. The molecule has 1 rings (SSSR count). The van der Waals surface area contributed by atoms with Crippen molar-refractivity contribution in [3.63, 3.8) is 0 Å². The fourth-order valence-electron chi connectivity index (χ4n) is 3.79. The Morgan fingerprint density at radius 3 is 2.28 bits per heavy atom. The van der Waals surface area contributed by atoms with E-state index in [0.29, 0.717) is 5.57 Å². The Balaban J connectivity index is 3.38. The highest BCUT2D eigenvalue weighted by Gasteiger charge is 2.53. The first kappa shape index (κ1) is 24.8. The highest BCUT2D eigenvalue weighted by Crippen LogP contribution is 2.50. The molecular weight excluding hydrogens is 380 g/mol. The molecule has 8 nitrogen and oxygen atoms in total. The number of aliphatic hydroxyl groups excluding tert-OH is 4. The van der Waals surface area contributed by atoms with Crippen LogP contribution in [0.15, 0.2) is 49.1 Å². The average molecular weight is 410 g/mol. The van der Waals surface area contributed by atoms with E-state index in [1.54, 1.807) is 13.0 Å². The number of aliphatic hydroxyl groups is 4. The minimum absolute atomic E-state index is 0.117. The number of rotatable bonds is 9. The molecule has 162 valence electrons. The van der Waals surface area contributed by atoms with Gasteiger partial charge in [0.25, 0.3) is 0 Å². The Morgan fingerprint density at radius 2 is 1.83 bits per heavy atom. The van der Waals surface area contributed by atoms with Crippen molar-refractivity contribution in [2.45, 2.75) is 31.7 Å². The Bertz CT molecular complexity index is 697. The largest absolute Gasteiger partial charge is 0.466 e. The normalized spacial score (nSPS) is 30.0. The van der Waals surface area contributed by atoms with Gasteiger partial charge in [-0.15, -0.1) is 6.58 Å². The molecule has 0 spiro atoms. The molecule has 0 heterocycles. The minimum atomic E-state index is -1.51. The molecule has 1 aliphatic carbocycles. The zero-order valence-corrected chi connectivity index (χ0v) is 16.8. The molecule has 0 saturated heterocycles. The Morgan fingerprint density at radius 1 is 1.24 bits per heavy atom. The van der Waals surface area contributed by atoms with E-state index in [1.165, 1.54) is 0 Å². The van der Waals surface area contributed by atoms with Gasteiger partial charge in [-0.1, -0.05) is 32.7 Å². The van der Waals surface area contributed by atoms with E-state index < -0.39 is 60.7 Å². The van der Waals surface area contributed by atoms with Crippen molar-refractivity contribution >= 4 is 11.9 Å². The molecule has 0 amide bonds. The van der Waals surface area contributed by atoms with Gasteiger partial charge in [-0.2, -0.15) is 0 Å². The molecule has 0 aliphatic heterocycles. The molecule has 1 saturated carbocycles. The average Bonchev–Trinajstić information content (AvgIpc) is 2.70. The molecule has 4 N–H and O–H groups in total. The van der Waals surface area contributed by atoms with E-state index >= 15 is 0 Å². The third kappa shape index (κ3) is 5.02. The Kier molecular flexibility index (Phi) is 8.52. The number of allylic oxidation sites excluding steroid dienone is 1. The van der Waals surface area contributed by atoms with Crippen LogP contribution in [0.2, 0.25) is 0 Å². The molecule has 6 atom stereocenters. The van der Waals surface area contributed by atoms with Crippen molar-refractivity contribution in [2.75, 3.05) is 20.3 Å². The number of carbonyl (C=O) groups excluding carboxylic acids is 2. The molecule has 0 radical (unpaired) electrons. The monoisotopic (exact) mass is 410 g/mol. The van der Waals surface area contributed by atoms with Gasteiger partial charge in [-0.25, -0.2) is 9.59 Å². The van der Waals surface area contributed by atoms with Crippen LogP contribution in [0.1, 0.15) is 13.3 Å². The Hall–Kier alpha value is -2.26. The van der Waals surface area contributed by atoms with Crippen LogP contribution < -0.4 is 0 Å². The molecule has 0 unspecified atom stereocenters. The molecule has 0 aromatic carbocycles. The van der Waals surface area contributed by atoms with Gasteiger partial charge < -0.3 is 29.9 Å². The second-order valence-electron chi connectivity index (χ2n) is 7.41. The van der Waals surface area contributed by atoms with E-state index in [0.717, 1.165) is 7.11 Å². The summed E-state index contributed by atoms with van der Waals surface area (Å²) >= 11 is 0. The molecule has 1 fully saturated rings. The number of esters is 2. The van der Waals surface area contributed by atoms with Gasteiger partial charge in [-0.3, -0.25) is 0 Å². The zero-order chi connectivity index (χ0) is 22.5. The fourth-order valence-corrected chi connectivity index (χ4v) is 3.79. The smallest absolute Gasteiger partial charge is 0.336 e. The summed E-state index contributed by atoms with van der Waals surface area (Å²) in [6.07, 6.45) is -2.17. The van der Waals surface area contributed by atoms with Crippen LogP contribution in [0.5, 0.6) is 0 Å². The summed E-state index contributed by atoms with van der Waals surface area (Å²) in [5, 5.41) is 39.3. The predicted octanol–water partition coefficient (Wildman–Crippen LogP) is 0.275. The lowest BCUT2D eigenvalue weighted by molar-refractivity contribution is -0.162. The van der Waals surface area contributed by atoms with Gasteiger partial charge in [0.1, 0.15) is 12.2 Å². The number of carbonyl (C=O) groups is 2. The third-order valence-electron chi connectivity index (χ3n) is 5.52. The highest BCUT2D eigenvalue weighted by atomic mass is 16.5. The third-order valence-corrected chi connectivity index (χ3v) is 5.52. The molecule has 0 aromatic rings. The molecular formula is C21H30O8. The van der Waals surface area contributed by atoms with Crippen LogP contribution in [0, 0.1) is 17.3 Å². The predicted molar refractivity (Wildman–Crippen MR) is 105 cm³/mol. The van der Waals surface area contributed by atoms with Crippen molar-refractivity contribution in [3.05, 3.63) is 49.1 Å². The van der Waals surface area contributed by atoms with Gasteiger partial charge in [0.15, 0.2) is 0 Å². The van der Waals surface area contributed by atoms with Crippen LogP contribution in [0.4, 0.5) is 0 Å². The Labute approximate surface area is 170 Å². The van der Waals surface area contributed by atoms with E-state index in [9.17, 15) is 24.9 Å². The molecule has 29 heavy (non-hydrogen) atoms. The lowest BCUT2D eigenvalue weighted by atomic mass is 9.58. The van der Waals surface area contributed by atoms with Gasteiger partial charge in [0.05, 0.1) is 37.9 Å². The van der Waals surface area contributed by atoms with Gasteiger partial charge in [0.2, 0.25) is 0 Å². The number of hydrogen-bond donors (Lipinski definition) is 4. The maximum Gasteiger partial charge on any atom is 0.336 e. The minimum Gasteiger partial charge on any atom is -0.466 e. The lowest BCUT2D eigenvalue weighted by Crippen LogP contribution is -2.54. The second-order valence-corrected chi connectivity index (χ2v) is 7.41. The van der Waals surface area contributed by atoms with E-state index in [-0.39, 0.29) is 17.6 Å². The fraction of sp³-hybridized carbons (Fsp3) is 0.524. The van der Waals surface area contributed by atoms with Crippen LogP contribution in [0.3, 0.4) is 0 Å². The molecule has 0 aromatic heterocycles. The van der Waals surface area contributed by atoms with Gasteiger partial charge >= 0.3 is 11.9 Å². The summed E-state index contributed by atoms with van der Waals surface area (Å²) in [5.41, 5.74) is -0.999. The van der Waals surface area contributed by atoms with Crippen LogP contribution in [-0.4, -0.2) is 71.0 Å². The number of hydrogen-bond acceptors (Lipinski definition) is 8. The summed E-state index contributed by atoms with van der Waals surface area (Å²) in [4.78, 5) is 24.5. The summed E-state index contributed by atoms with van der Waals surface area (Å²) in [6.45, 7) is 15.3. The van der Waals surface area contributed by atoms with Crippen molar-refractivity contribution in [2.24, 2.45) is 17.3 Å². The quantitative estimate of drug-likeness (QED) is 0.242. The molecule has 8 heteroatoms. The van der Waals surface area contributed by atoms with E-state index in [2.05, 4.69) is 26.3 Å². The first-order chi connectivity index (χ1) is 13.5. The number of methoxy groups -OCH3 is 1. The van der Waals surface area contributed by atoms with Crippen LogP contribution in [-0.2, 0) is 19.1 Å². The maximum absolute atomic E-state index is 12.4. The summed E-state index contributed by atoms with van der Waals surface area (Å²) < 4.78 is 10.2. The van der Waals surface area contributed by atoms with Gasteiger partial charge in [0, 0.05) is 11.5 Å². The number of ether oxygens (including phenoxy) is 2. The highest BCUT2D eigenvalue weighted by molar-refractivity contribution is 5.90. The molecule has 1 aliphatic rings. The second kappa shape index (κ2) is 9.98. The maximum atomic E-state index is 12.4. The van der Waals surface area contributed by atoms with Crippen molar-refractivity contribution in [3.8, 4) is 0 Å². The zero-order valence-electron chi connectivity index (χ0n) is 16.8. The van der Waals surface area contributed by atoms with Crippen molar-refractivity contribution in [1.82, 2.24) is 0 Å². The lowest BCUT2D eigenvalue weighted by Gasteiger charge is -2.50. The van der Waals surface area contributed by atoms with Crippen molar-refractivity contribution in [1.29, 1.82) is 0 Å². The van der Waals surface area contributed by atoms with Crippen LogP contribution >= 0.6 is 0 Å². The summed E-state index contributed by atoms with van der Waals surface area (Å²) in [7, 11) is 1.15. The standard InChI is InChI=1S/C21H30O8/c1-7-21(5)8-15(29-20(27)12(3)14(24)10-23)16(13(4)19(26)28-6)18(25)17(21)11(2)9-22/h7,14-18,22-25H,1-4,8-10H2,5-6H3/t14-,15-,16-,17+,18+,21-/m0/s1. The summed E-state index contributed by atoms with van der Waals surface area (Å²) in [6, 6.07) is 0.